The van der Waals surface area contributed by atoms with Gasteiger partial charge in [0.2, 0.25) is 5.82 Å². The molecule has 0 aliphatic rings. The lowest BCUT2D eigenvalue weighted by Crippen LogP contribution is -2.39. The summed E-state index contributed by atoms with van der Waals surface area (Å²) in [4.78, 5) is 10.9. The lowest BCUT2D eigenvalue weighted by Gasteiger charge is -2.22. The number of guanidine groups is 1. The molecular weight excluding hydrogens is 455 g/mol. The van der Waals surface area contributed by atoms with Crippen LogP contribution in [0.3, 0.4) is 0 Å². The summed E-state index contributed by atoms with van der Waals surface area (Å²) in [5.41, 5.74) is 2.51. The zero-order chi connectivity index (χ0) is 18.4. The van der Waals surface area contributed by atoms with Gasteiger partial charge in [0.05, 0.1) is 6.26 Å². The molecule has 2 aromatic heterocycles. The second-order valence-corrected chi connectivity index (χ2v) is 6.15. The van der Waals surface area contributed by atoms with Crippen molar-refractivity contribution in [2.45, 2.75) is 19.9 Å². The highest BCUT2D eigenvalue weighted by molar-refractivity contribution is 14.0. The first-order chi connectivity index (χ1) is 12.7. The van der Waals surface area contributed by atoms with Crippen molar-refractivity contribution in [3.8, 4) is 11.6 Å². The summed E-state index contributed by atoms with van der Waals surface area (Å²) in [6.45, 7) is 3.59. The van der Waals surface area contributed by atoms with E-state index in [1.807, 2.05) is 19.2 Å². The second kappa shape index (κ2) is 10.1. The maximum atomic E-state index is 5.30. The van der Waals surface area contributed by atoms with Crippen molar-refractivity contribution < 1.29 is 4.42 Å². The van der Waals surface area contributed by atoms with Crippen LogP contribution in [0.25, 0.3) is 11.6 Å². The zero-order valence-corrected chi connectivity index (χ0v) is 18.1. The lowest BCUT2D eigenvalue weighted by atomic mass is 10.1. The minimum atomic E-state index is 0. The fraction of sp³-hybridized carbons (Fsp3) is 0.316. The third-order valence-corrected chi connectivity index (χ3v) is 4.03. The van der Waals surface area contributed by atoms with E-state index in [1.54, 1.807) is 13.3 Å². The van der Waals surface area contributed by atoms with Crippen LogP contribution in [0.4, 0.5) is 0 Å². The van der Waals surface area contributed by atoms with E-state index in [4.69, 9.17) is 4.42 Å². The minimum Gasteiger partial charge on any atom is -0.461 e. The monoisotopic (exact) mass is 480 g/mol. The molecule has 0 spiro atoms. The number of H-pyrrole nitrogens is 1. The molecule has 0 fully saturated rings. The van der Waals surface area contributed by atoms with E-state index < -0.39 is 0 Å². The lowest BCUT2D eigenvalue weighted by molar-refractivity contribution is 0.477. The van der Waals surface area contributed by atoms with Crippen LogP contribution >= 0.6 is 24.0 Å². The molecule has 144 valence electrons. The van der Waals surface area contributed by atoms with Gasteiger partial charge < -0.3 is 14.6 Å². The molecule has 0 saturated carbocycles. The first-order valence-corrected chi connectivity index (χ1v) is 8.58. The van der Waals surface area contributed by atoms with E-state index >= 15 is 0 Å². The Morgan fingerprint density at radius 3 is 2.70 bits per heavy atom. The summed E-state index contributed by atoms with van der Waals surface area (Å²) in [5, 5.41) is 10.5. The summed E-state index contributed by atoms with van der Waals surface area (Å²) in [7, 11) is 3.82. The van der Waals surface area contributed by atoms with Gasteiger partial charge in [0.1, 0.15) is 5.82 Å². The third kappa shape index (κ3) is 5.81. The second-order valence-electron chi connectivity index (χ2n) is 6.15. The van der Waals surface area contributed by atoms with Crippen LogP contribution in [-0.2, 0) is 13.0 Å². The van der Waals surface area contributed by atoms with Crippen LogP contribution in [-0.4, -0.2) is 46.7 Å². The molecule has 0 amide bonds. The Kier molecular flexibility index (Phi) is 7.83. The number of halogens is 1. The molecule has 3 rings (SSSR count). The Morgan fingerprint density at radius 2 is 2.04 bits per heavy atom. The van der Waals surface area contributed by atoms with Crippen LogP contribution in [0, 0.1) is 6.92 Å². The van der Waals surface area contributed by atoms with Gasteiger partial charge in [-0.1, -0.05) is 29.8 Å². The molecule has 3 aromatic rings. The molecule has 27 heavy (non-hydrogen) atoms. The largest absolute Gasteiger partial charge is 0.461 e. The van der Waals surface area contributed by atoms with Crippen molar-refractivity contribution in [1.29, 1.82) is 0 Å². The molecule has 0 radical (unpaired) electrons. The predicted octanol–water partition coefficient (Wildman–Crippen LogP) is 3.24. The molecule has 8 heteroatoms. The Hall–Kier alpha value is -2.36. The first-order valence-electron chi connectivity index (χ1n) is 8.58. The first kappa shape index (κ1) is 20.9. The van der Waals surface area contributed by atoms with Crippen molar-refractivity contribution in [2.75, 3.05) is 20.6 Å². The van der Waals surface area contributed by atoms with E-state index in [1.165, 1.54) is 11.1 Å². The minimum absolute atomic E-state index is 0. The number of hydrogen-bond acceptors (Lipinski definition) is 4. The van der Waals surface area contributed by atoms with Crippen molar-refractivity contribution >= 4 is 29.9 Å². The summed E-state index contributed by atoms with van der Waals surface area (Å²) in [6, 6.07) is 12.2. The maximum Gasteiger partial charge on any atom is 0.216 e. The van der Waals surface area contributed by atoms with E-state index in [9.17, 15) is 0 Å². The summed E-state index contributed by atoms with van der Waals surface area (Å²) in [6.07, 6.45) is 2.33. The highest BCUT2D eigenvalue weighted by Crippen LogP contribution is 2.14. The van der Waals surface area contributed by atoms with Gasteiger partial charge in [0.15, 0.2) is 11.7 Å². The average molecular weight is 480 g/mol. The van der Waals surface area contributed by atoms with Gasteiger partial charge in [-0.05, 0) is 24.6 Å². The molecule has 2 heterocycles. The van der Waals surface area contributed by atoms with E-state index in [0.29, 0.717) is 24.6 Å². The number of furan rings is 1. The van der Waals surface area contributed by atoms with Crippen LogP contribution < -0.4 is 5.32 Å². The number of nitrogens with zero attached hydrogens (tertiary/aromatic N) is 4. The standard InChI is InChI=1S/C19H24N6O.HI/c1-14-6-8-15(9-7-14)13-25(3)19(20-2)21-11-10-17-22-18(24-23-17)16-5-4-12-26-16;/h4-9,12H,10-11,13H2,1-3H3,(H,20,21)(H,22,23,24);1H. The zero-order valence-electron chi connectivity index (χ0n) is 15.8. The smallest absolute Gasteiger partial charge is 0.216 e. The molecule has 2 N–H and O–H groups in total. The topological polar surface area (TPSA) is 82.3 Å². The van der Waals surface area contributed by atoms with Crippen LogP contribution in [0.2, 0.25) is 0 Å². The molecule has 0 aliphatic heterocycles. The van der Waals surface area contributed by atoms with Gasteiger partial charge in [0.25, 0.3) is 0 Å². The van der Waals surface area contributed by atoms with Crippen molar-refractivity contribution in [3.05, 3.63) is 59.6 Å². The highest BCUT2D eigenvalue weighted by Gasteiger charge is 2.10. The third-order valence-electron chi connectivity index (χ3n) is 4.03. The van der Waals surface area contributed by atoms with Crippen LogP contribution in [0.1, 0.15) is 17.0 Å². The number of aryl methyl sites for hydroxylation is 1. The van der Waals surface area contributed by atoms with E-state index in [2.05, 4.69) is 61.6 Å². The van der Waals surface area contributed by atoms with Gasteiger partial charge in [0, 0.05) is 33.6 Å². The number of hydrogen-bond donors (Lipinski definition) is 2. The van der Waals surface area contributed by atoms with Gasteiger partial charge >= 0.3 is 0 Å². The molecular formula is C19H25IN6O. The molecule has 0 aliphatic carbocycles. The Balaban J connectivity index is 0.00000261. The fourth-order valence-electron chi connectivity index (χ4n) is 2.64. The van der Waals surface area contributed by atoms with E-state index in [0.717, 1.165) is 18.3 Å². The summed E-state index contributed by atoms with van der Waals surface area (Å²) >= 11 is 0. The average Bonchev–Trinajstić information content (AvgIpc) is 3.32. The summed E-state index contributed by atoms with van der Waals surface area (Å²) < 4.78 is 5.30. The van der Waals surface area contributed by atoms with Crippen molar-refractivity contribution in [3.63, 3.8) is 0 Å². The number of aromatic amines is 1. The fourth-order valence-corrected chi connectivity index (χ4v) is 2.64. The number of aliphatic imine (C=N–C) groups is 1. The quantitative estimate of drug-likeness (QED) is 0.322. The van der Waals surface area contributed by atoms with Crippen molar-refractivity contribution in [2.24, 2.45) is 4.99 Å². The Bertz CT molecular complexity index is 841. The number of aromatic nitrogens is 3. The normalized spacial score (nSPS) is 11.1. The molecule has 0 unspecified atom stereocenters. The van der Waals surface area contributed by atoms with Gasteiger partial charge in [-0.2, -0.15) is 5.10 Å². The predicted molar refractivity (Wildman–Crippen MR) is 117 cm³/mol. The Labute approximate surface area is 176 Å². The van der Waals surface area contributed by atoms with Crippen molar-refractivity contribution in [1.82, 2.24) is 25.4 Å². The van der Waals surface area contributed by atoms with Gasteiger partial charge in [-0.3, -0.25) is 10.1 Å². The highest BCUT2D eigenvalue weighted by atomic mass is 127. The number of nitrogens with one attached hydrogen (secondary N) is 2. The molecule has 7 nitrogen and oxygen atoms in total. The van der Waals surface area contributed by atoms with Gasteiger partial charge in [-0.25, -0.2) is 4.98 Å². The summed E-state index contributed by atoms with van der Waals surface area (Å²) in [5.74, 6) is 2.89. The number of benzene rings is 1. The number of rotatable bonds is 6. The van der Waals surface area contributed by atoms with E-state index in [-0.39, 0.29) is 24.0 Å². The van der Waals surface area contributed by atoms with Gasteiger partial charge in [-0.15, -0.1) is 24.0 Å². The molecule has 0 atom stereocenters. The Morgan fingerprint density at radius 1 is 1.26 bits per heavy atom. The van der Waals surface area contributed by atoms with Crippen LogP contribution in [0.15, 0.2) is 52.1 Å². The maximum absolute atomic E-state index is 5.30. The molecule has 0 bridgehead atoms. The molecule has 1 aromatic carbocycles. The SMILES string of the molecule is CN=C(NCCc1nc(-c2ccco2)n[nH]1)N(C)Cc1ccc(C)cc1.I. The molecule has 0 saturated heterocycles. The van der Waals surface area contributed by atoms with Crippen LogP contribution in [0.5, 0.6) is 0 Å².